The highest BCUT2D eigenvalue weighted by atomic mass is 16.2. The van der Waals surface area contributed by atoms with Gasteiger partial charge in [-0.1, -0.05) is 0 Å². The minimum atomic E-state index is -0.000490. The van der Waals surface area contributed by atoms with Crippen molar-refractivity contribution in [1.29, 1.82) is 0 Å². The van der Waals surface area contributed by atoms with E-state index in [-0.39, 0.29) is 11.4 Å². The van der Waals surface area contributed by atoms with Gasteiger partial charge in [0.1, 0.15) is 0 Å². The minimum absolute atomic E-state index is 0.000490. The van der Waals surface area contributed by atoms with E-state index < -0.39 is 0 Å². The van der Waals surface area contributed by atoms with Gasteiger partial charge in [-0.05, 0) is 27.8 Å². The highest BCUT2D eigenvalue weighted by Gasteiger charge is 2.13. The normalized spacial score (nSPS) is 11.5. The number of rotatable bonds is 5. The zero-order valence-corrected chi connectivity index (χ0v) is 9.98. The van der Waals surface area contributed by atoms with Crippen LogP contribution in [0.5, 0.6) is 0 Å². The molecule has 0 unspecified atom stereocenters. The zero-order chi connectivity index (χ0) is 11.2. The Morgan fingerprint density at radius 2 is 1.93 bits per heavy atom. The molecule has 0 aliphatic heterocycles. The van der Waals surface area contributed by atoms with Crippen LogP contribution in [0.25, 0.3) is 0 Å². The van der Waals surface area contributed by atoms with E-state index in [2.05, 4.69) is 10.6 Å². The lowest BCUT2D eigenvalue weighted by atomic mass is 10.1. The van der Waals surface area contributed by atoms with E-state index in [4.69, 9.17) is 0 Å². The van der Waals surface area contributed by atoms with E-state index in [1.54, 1.807) is 4.90 Å². The number of nitrogens with zero attached hydrogens (tertiary/aromatic N) is 1. The Bertz CT molecular complexity index is 175. The van der Waals surface area contributed by atoms with E-state index in [0.29, 0.717) is 6.54 Å². The van der Waals surface area contributed by atoms with Crippen LogP contribution >= 0.6 is 0 Å². The predicted molar refractivity (Wildman–Crippen MR) is 59.3 cm³/mol. The minimum Gasteiger partial charge on any atom is -0.343 e. The quantitative estimate of drug-likeness (QED) is 0.661. The summed E-state index contributed by atoms with van der Waals surface area (Å²) in [6.07, 6.45) is 0. The number of likely N-dealkylation sites (N-methyl/N-ethyl adjacent to an activating group) is 2. The molecule has 0 fully saturated rings. The van der Waals surface area contributed by atoms with Crippen molar-refractivity contribution in [2.24, 2.45) is 0 Å². The third-order valence-electron chi connectivity index (χ3n) is 1.89. The van der Waals surface area contributed by atoms with Crippen molar-refractivity contribution in [3.8, 4) is 0 Å². The van der Waals surface area contributed by atoms with Gasteiger partial charge in [0.05, 0.1) is 6.54 Å². The molecule has 0 rings (SSSR count). The third-order valence-corrected chi connectivity index (χ3v) is 1.89. The van der Waals surface area contributed by atoms with Gasteiger partial charge in [0, 0.05) is 25.7 Å². The van der Waals surface area contributed by atoms with Crippen LogP contribution in [0.3, 0.4) is 0 Å². The maximum atomic E-state index is 11.5. The molecule has 4 heteroatoms. The van der Waals surface area contributed by atoms with E-state index in [1.807, 2.05) is 34.9 Å². The van der Waals surface area contributed by atoms with Crippen LogP contribution in [0.2, 0.25) is 0 Å². The molecule has 0 heterocycles. The van der Waals surface area contributed by atoms with E-state index >= 15 is 0 Å². The van der Waals surface area contributed by atoms with Gasteiger partial charge >= 0.3 is 0 Å². The van der Waals surface area contributed by atoms with Crippen molar-refractivity contribution in [3.05, 3.63) is 0 Å². The van der Waals surface area contributed by atoms with Crippen molar-refractivity contribution in [3.63, 3.8) is 0 Å². The molecule has 0 aliphatic rings. The Kier molecular flexibility index (Phi) is 5.72. The van der Waals surface area contributed by atoms with Crippen molar-refractivity contribution >= 4 is 5.91 Å². The fraction of sp³-hybridized carbons (Fsp3) is 0.900. The molecule has 84 valence electrons. The Morgan fingerprint density at radius 1 is 1.36 bits per heavy atom. The topological polar surface area (TPSA) is 44.4 Å². The maximum Gasteiger partial charge on any atom is 0.236 e. The number of hydrogen-bond donors (Lipinski definition) is 2. The second-order valence-electron chi connectivity index (χ2n) is 4.52. The van der Waals surface area contributed by atoms with Crippen LogP contribution in [0, 0.1) is 0 Å². The van der Waals surface area contributed by atoms with Gasteiger partial charge < -0.3 is 15.5 Å². The summed E-state index contributed by atoms with van der Waals surface area (Å²) in [4.78, 5) is 13.3. The molecule has 0 spiro atoms. The molecule has 0 aromatic rings. The van der Waals surface area contributed by atoms with Gasteiger partial charge in [-0.3, -0.25) is 4.79 Å². The van der Waals surface area contributed by atoms with Crippen LogP contribution in [-0.4, -0.2) is 50.1 Å². The van der Waals surface area contributed by atoms with E-state index in [0.717, 1.165) is 13.1 Å². The van der Waals surface area contributed by atoms with Crippen LogP contribution in [0.1, 0.15) is 20.8 Å². The Labute approximate surface area is 87.0 Å². The molecule has 4 nitrogen and oxygen atoms in total. The van der Waals surface area contributed by atoms with Crippen molar-refractivity contribution in [2.75, 3.05) is 33.7 Å². The summed E-state index contributed by atoms with van der Waals surface area (Å²) in [6.45, 7) is 8.14. The number of nitrogens with one attached hydrogen (secondary N) is 2. The molecular weight excluding hydrogens is 178 g/mol. The molecule has 0 bridgehead atoms. The summed E-state index contributed by atoms with van der Waals surface area (Å²) in [6, 6.07) is 0. The van der Waals surface area contributed by atoms with Gasteiger partial charge in [-0.25, -0.2) is 0 Å². The second-order valence-corrected chi connectivity index (χ2v) is 4.52. The van der Waals surface area contributed by atoms with Crippen LogP contribution in [0.15, 0.2) is 0 Å². The van der Waals surface area contributed by atoms with Gasteiger partial charge in [0.15, 0.2) is 0 Å². The maximum absolute atomic E-state index is 11.5. The lowest BCUT2D eigenvalue weighted by Crippen LogP contribution is -2.44. The molecule has 0 aliphatic carbocycles. The van der Waals surface area contributed by atoms with Gasteiger partial charge in [0.25, 0.3) is 0 Å². The molecule has 0 saturated heterocycles. The first-order chi connectivity index (χ1) is 6.37. The fourth-order valence-electron chi connectivity index (χ4n) is 0.880. The van der Waals surface area contributed by atoms with E-state index in [1.165, 1.54) is 0 Å². The molecule has 0 aromatic carbocycles. The molecule has 0 radical (unpaired) electrons. The third kappa shape index (κ3) is 6.86. The zero-order valence-electron chi connectivity index (χ0n) is 9.98. The molecular formula is C10H23N3O. The molecule has 0 atom stereocenters. The summed E-state index contributed by atoms with van der Waals surface area (Å²) in [7, 11) is 3.70. The lowest BCUT2D eigenvalue weighted by Gasteiger charge is -2.23. The fourth-order valence-corrected chi connectivity index (χ4v) is 0.880. The molecule has 14 heavy (non-hydrogen) atoms. The number of hydrogen-bond acceptors (Lipinski definition) is 3. The van der Waals surface area contributed by atoms with Crippen molar-refractivity contribution in [1.82, 2.24) is 15.5 Å². The van der Waals surface area contributed by atoms with Crippen LogP contribution in [-0.2, 0) is 4.79 Å². The van der Waals surface area contributed by atoms with Crippen molar-refractivity contribution < 1.29 is 4.79 Å². The highest BCUT2D eigenvalue weighted by molar-refractivity contribution is 5.78. The molecule has 1 amide bonds. The van der Waals surface area contributed by atoms with Gasteiger partial charge in [-0.2, -0.15) is 0 Å². The Balaban J connectivity index is 3.73. The second kappa shape index (κ2) is 5.98. The summed E-state index contributed by atoms with van der Waals surface area (Å²) >= 11 is 0. The van der Waals surface area contributed by atoms with Gasteiger partial charge in [-0.15, -0.1) is 0 Å². The first-order valence-electron chi connectivity index (χ1n) is 5.00. The first-order valence-corrected chi connectivity index (χ1v) is 5.00. The summed E-state index contributed by atoms with van der Waals surface area (Å²) in [5.41, 5.74) is -0.000490. The first kappa shape index (κ1) is 13.4. The van der Waals surface area contributed by atoms with E-state index in [9.17, 15) is 4.79 Å². The average molecular weight is 201 g/mol. The largest absolute Gasteiger partial charge is 0.343 e. The monoisotopic (exact) mass is 201 g/mol. The number of carbonyl (C=O) groups excluding carboxylic acids is 1. The molecule has 2 N–H and O–H groups in total. The Morgan fingerprint density at radius 3 is 2.36 bits per heavy atom. The van der Waals surface area contributed by atoms with Crippen LogP contribution in [0.4, 0.5) is 0 Å². The average Bonchev–Trinajstić information content (AvgIpc) is 2.09. The SMILES string of the molecule is CNCCN(C)C(=O)CNC(C)(C)C. The summed E-state index contributed by atoms with van der Waals surface area (Å²) < 4.78 is 0. The molecule has 0 aromatic heterocycles. The predicted octanol–water partition coefficient (Wildman–Crippen LogP) is 0.0523. The van der Waals surface area contributed by atoms with Crippen LogP contribution < -0.4 is 10.6 Å². The van der Waals surface area contributed by atoms with Gasteiger partial charge in [0.2, 0.25) is 5.91 Å². The highest BCUT2D eigenvalue weighted by Crippen LogP contribution is 1.97. The number of amides is 1. The summed E-state index contributed by atoms with van der Waals surface area (Å²) in [5, 5.41) is 6.18. The van der Waals surface area contributed by atoms with Crippen molar-refractivity contribution in [2.45, 2.75) is 26.3 Å². The molecule has 0 saturated carbocycles. The summed E-state index contributed by atoms with van der Waals surface area (Å²) in [5.74, 6) is 0.134. The standard InChI is InChI=1S/C10H23N3O/c1-10(2,3)12-8-9(14)13(5)7-6-11-4/h11-12H,6-8H2,1-5H3. The lowest BCUT2D eigenvalue weighted by molar-refractivity contribution is -0.129. The smallest absolute Gasteiger partial charge is 0.236 e. The Hall–Kier alpha value is -0.610. The number of carbonyl (C=O) groups is 1.